The van der Waals surface area contributed by atoms with Crippen LogP contribution in [0, 0.1) is 12.7 Å². The van der Waals surface area contributed by atoms with Crippen molar-refractivity contribution in [1.82, 2.24) is 0 Å². The summed E-state index contributed by atoms with van der Waals surface area (Å²) in [6.07, 6.45) is 2.06. The second-order valence-electron chi connectivity index (χ2n) is 4.31. The molecule has 1 fully saturated rings. The summed E-state index contributed by atoms with van der Waals surface area (Å²) in [7, 11) is 1.50. The fourth-order valence-electron chi connectivity index (χ4n) is 2.06. The van der Waals surface area contributed by atoms with Crippen LogP contribution in [-0.2, 0) is 5.41 Å². The smallest absolute Gasteiger partial charge is 0.165 e. The minimum absolute atomic E-state index is 0.0296. The maximum absolute atomic E-state index is 13.6. The van der Waals surface area contributed by atoms with Gasteiger partial charge in [-0.1, -0.05) is 6.07 Å². The second kappa shape index (κ2) is 3.49. The van der Waals surface area contributed by atoms with Crippen molar-refractivity contribution < 1.29 is 9.13 Å². The van der Waals surface area contributed by atoms with Crippen molar-refractivity contribution in [3.63, 3.8) is 0 Å². The van der Waals surface area contributed by atoms with Gasteiger partial charge in [-0.05, 0) is 31.4 Å². The van der Waals surface area contributed by atoms with Crippen molar-refractivity contribution in [2.24, 2.45) is 5.73 Å². The number of aryl methyl sites for hydroxylation is 1. The van der Waals surface area contributed by atoms with Crippen molar-refractivity contribution in [3.8, 4) is 5.75 Å². The summed E-state index contributed by atoms with van der Waals surface area (Å²) in [5, 5.41) is 0. The van der Waals surface area contributed by atoms with Gasteiger partial charge in [-0.25, -0.2) is 4.39 Å². The van der Waals surface area contributed by atoms with Gasteiger partial charge in [-0.15, -0.1) is 0 Å². The van der Waals surface area contributed by atoms with E-state index in [0.717, 1.165) is 24.0 Å². The number of halogens is 1. The van der Waals surface area contributed by atoms with E-state index in [1.807, 2.05) is 13.0 Å². The van der Waals surface area contributed by atoms with E-state index in [0.29, 0.717) is 12.3 Å². The maximum Gasteiger partial charge on any atom is 0.165 e. The van der Waals surface area contributed by atoms with Crippen LogP contribution in [0.5, 0.6) is 5.75 Å². The lowest BCUT2D eigenvalue weighted by Gasteiger charge is -2.18. The summed E-state index contributed by atoms with van der Waals surface area (Å²) < 4.78 is 18.8. The fraction of sp³-hybridized carbons (Fsp3) is 0.500. The molecule has 15 heavy (non-hydrogen) atoms. The topological polar surface area (TPSA) is 35.2 Å². The normalized spacial score (nSPS) is 17.6. The van der Waals surface area contributed by atoms with E-state index in [4.69, 9.17) is 10.5 Å². The molecule has 2 N–H and O–H groups in total. The van der Waals surface area contributed by atoms with Gasteiger partial charge in [0.1, 0.15) is 0 Å². The van der Waals surface area contributed by atoms with E-state index in [9.17, 15) is 4.39 Å². The number of hydrogen-bond donors (Lipinski definition) is 1. The van der Waals surface area contributed by atoms with E-state index < -0.39 is 0 Å². The molecule has 0 aromatic heterocycles. The molecule has 2 nitrogen and oxygen atoms in total. The van der Waals surface area contributed by atoms with Crippen LogP contribution in [0.1, 0.15) is 24.0 Å². The predicted molar refractivity (Wildman–Crippen MR) is 57.7 cm³/mol. The predicted octanol–water partition coefficient (Wildman–Crippen LogP) is 2.13. The van der Waals surface area contributed by atoms with Crippen LogP contribution in [-0.4, -0.2) is 13.7 Å². The molecule has 0 radical (unpaired) electrons. The summed E-state index contributed by atoms with van der Waals surface area (Å²) >= 11 is 0. The Kier molecular flexibility index (Phi) is 2.43. The first-order valence-electron chi connectivity index (χ1n) is 5.17. The molecule has 0 bridgehead atoms. The summed E-state index contributed by atoms with van der Waals surface area (Å²) in [5.74, 6) is 0.0794. The quantitative estimate of drug-likeness (QED) is 0.827. The number of nitrogens with two attached hydrogens (primary N) is 1. The highest BCUT2D eigenvalue weighted by molar-refractivity contribution is 5.46. The van der Waals surface area contributed by atoms with Gasteiger partial charge in [-0.3, -0.25) is 0 Å². The van der Waals surface area contributed by atoms with E-state index in [2.05, 4.69) is 0 Å². The van der Waals surface area contributed by atoms with Crippen LogP contribution >= 0.6 is 0 Å². The molecule has 0 unspecified atom stereocenters. The minimum atomic E-state index is -0.285. The Hall–Kier alpha value is -1.09. The number of rotatable bonds is 3. The first kappa shape index (κ1) is 10.4. The van der Waals surface area contributed by atoms with Crippen LogP contribution in [0.15, 0.2) is 12.1 Å². The molecular formula is C12H16FNO. The van der Waals surface area contributed by atoms with E-state index >= 15 is 0 Å². The van der Waals surface area contributed by atoms with Crippen molar-refractivity contribution in [3.05, 3.63) is 29.1 Å². The molecule has 3 heteroatoms. The molecular weight excluding hydrogens is 193 g/mol. The third kappa shape index (κ3) is 1.61. The van der Waals surface area contributed by atoms with Crippen LogP contribution in [0.3, 0.4) is 0 Å². The second-order valence-corrected chi connectivity index (χ2v) is 4.31. The van der Waals surface area contributed by atoms with Gasteiger partial charge in [0.2, 0.25) is 0 Å². The molecule has 2 rings (SSSR count). The molecule has 82 valence electrons. The lowest BCUT2D eigenvalue weighted by atomic mass is 9.93. The van der Waals surface area contributed by atoms with Gasteiger partial charge in [0.05, 0.1) is 7.11 Å². The summed E-state index contributed by atoms with van der Waals surface area (Å²) in [6, 6.07) is 3.48. The number of ether oxygens (including phenoxy) is 1. The Morgan fingerprint density at radius 1 is 1.47 bits per heavy atom. The monoisotopic (exact) mass is 209 g/mol. The zero-order chi connectivity index (χ0) is 11.1. The highest BCUT2D eigenvalue weighted by Crippen LogP contribution is 2.51. The van der Waals surface area contributed by atoms with Gasteiger partial charge < -0.3 is 10.5 Å². The van der Waals surface area contributed by atoms with Gasteiger partial charge in [0.25, 0.3) is 0 Å². The molecule has 0 amide bonds. The highest BCUT2D eigenvalue weighted by atomic mass is 19.1. The summed E-state index contributed by atoms with van der Waals surface area (Å²) in [5.41, 5.74) is 7.57. The Labute approximate surface area is 89.2 Å². The zero-order valence-corrected chi connectivity index (χ0v) is 9.14. The van der Waals surface area contributed by atoms with Crippen LogP contribution in [0.2, 0.25) is 0 Å². The molecule has 1 saturated carbocycles. The van der Waals surface area contributed by atoms with Crippen LogP contribution < -0.4 is 10.5 Å². The van der Waals surface area contributed by atoms with E-state index in [1.165, 1.54) is 13.2 Å². The van der Waals surface area contributed by atoms with Crippen molar-refractivity contribution in [2.45, 2.75) is 25.2 Å². The highest BCUT2D eigenvalue weighted by Gasteiger charge is 2.45. The van der Waals surface area contributed by atoms with Crippen LogP contribution in [0.25, 0.3) is 0 Å². The Morgan fingerprint density at radius 3 is 2.60 bits per heavy atom. The molecule has 1 aliphatic rings. The third-order valence-electron chi connectivity index (χ3n) is 3.21. The fourth-order valence-corrected chi connectivity index (χ4v) is 2.06. The maximum atomic E-state index is 13.6. The first-order valence-corrected chi connectivity index (χ1v) is 5.17. The Morgan fingerprint density at radius 2 is 2.13 bits per heavy atom. The third-order valence-corrected chi connectivity index (χ3v) is 3.21. The molecule has 0 heterocycles. The minimum Gasteiger partial charge on any atom is -0.493 e. The molecule has 0 atom stereocenters. The van der Waals surface area contributed by atoms with Gasteiger partial charge in [0, 0.05) is 17.5 Å². The SMILES string of the molecule is COc1c(F)cc(C)cc1C1(CN)CC1. The van der Waals surface area contributed by atoms with E-state index in [1.54, 1.807) is 0 Å². The zero-order valence-electron chi connectivity index (χ0n) is 9.14. The molecule has 0 saturated heterocycles. The molecule has 0 aliphatic heterocycles. The molecule has 1 aromatic carbocycles. The largest absolute Gasteiger partial charge is 0.493 e. The molecule has 1 aromatic rings. The van der Waals surface area contributed by atoms with Gasteiger partial charge >= 0.3 is 0 Å². The number of hydrogen-bond acceptors (Lipinski definition) is 2. The Bertz CT molecular complexity index is 385. The van der Waals surface area contributed by atoms with Gasteiger partial charge in [-0.2, -0.15) is 0 Å². The molecule has 1 aliphatic carbocycles. The summed E-state index contributed by atoms with van der Waals surface area (Å²) in [4.78, 5) is 0. The number of methoxy groups -OCH3 is 1. The average Bonchev–Trinajstić information content (AvgIpc) is 2.97. The lowest BCUT2D eigenvalue weighted by molar-refractivity contribution is 0.376. The van der Waals surface area contributed by atoms with Crippen molar-refractivity contribution >= 4 is 0 Å². The summed E-state index contributed by atoms with van der Waals surface area (Å²) in [6.45, 7) is 2.45. The van der Waals surface area contributed by atoms with E-state index in [-0.39, 0.29) is 11.2 Å². The van der Waals surface area contributed by atoms with Crippen LogP contribution in [0.4, 0.5) is 4.39 Å². The first-order chi connectivity index (χ1) is 7.13. The Balaban J connectivity index is 2.54. The lowest BCUT2D eigenvalue weighted by Crippen LogP contribution is -2.21. The van der Waals surface area contributed by atoms with Crippen molar-refractivity contribution in [1.29, 1.82) is 0 Å². The van der Waals surface area contributed by atoms with Crippen molar-refractivity contribution in [2.75, 3.05) is 13.7 Å². The molecule has 0 spiro atoms. The average molecular weight is 209 g/mol. The standard InChI is InChI=1S/C12H16FNO/c1-8-5-9(12(7-14)3-4-12)11(15-2)10(13)6-8/h5-6H,3-4,7,14H2,1-2H3. The number of benzene rings is 1. The van der Waals surface area contributed by atoms with Gasteiger partial charge in [0.15, 0.2) is 11.6 Å².